The van der Waals surface area contributed by atoms with E-state index in [2.05, 4.69) is 10.6 Å². The van der Waals surface area contributed by atoms with Crippen LogP contribution in [0.15, 0.2) is 48.6 Å². The highest BCUT2D eigenvalue weighted by molar-refractivity contribution is 5.92. The second-order valence-electron chi connectivity index (χ2n) is 8.36. The van der Waals surface area contributed by atoms with Gasteiger partial charge in [-0.2, -0.15) is 0 Å². The van der Waals surface area contributed by atoms with Gasteiger partial charge in [0.1, 0.15) is 12.2 Å². The first-order valence-electron chi connectivity index (χ1n) is 11.3. The molecule has 190 valence electrons. The number of fused-ring (bicyclic) bond motifs is 1. The first-order chi connectivity index (χ1) is 17.4. The molecule has 0 radical (unpaired) electrons. The van der Waals surface area contributed by atoms with Crippen molar-refractivity contribution in [3.8, 4) is 23.0 Å². The molecule has 4 atom stereocenters. The van der Waals surface area contributed by atoms with Crippen molar-refractivity contribution in [1.82, 2.24) is 10.6 Å². The molecule has 0 aromatic heterocycles. The van der Waals surface area contributed by atoms with Crippen LogP contribution in [0.1, 0.15) is 11.1 Å². The zero-order valence-electron chi connectivity index (χ0n) is 19.8. The van der Waals surface area contributed by atoms with Crippen LogP contribution in [-0.4, -0.2) is 73.8 Å². The summed E-state index contributed by atoms with van der Waals surface area (Å²) in [7, 11) is 2.90. The minimum Gasteiger partial charge on any atom is -0.504 e. The Morgan fingerprint density at radius 3 is 1.61 bits per heavy atom. The Bertz CT molecular complexity index is 1090. The summed E-state index contributed by atoms with van der Waals surface area (Å²) < 4.78 is 21.8. The molecule has 0 bridgehead atoms. The summed E-state index contributed by atoms with van der Waals surface area (Å²) in [5.41, 5.74) is 1.39. The van der Waals surface area contributed by atoms with E-state index in [1.54, 1.807) is 36.4 Å². The largest absolute Gasteiger partial charge is 0.504 e. The van der Waals surface area contributed by atoms with Crippen LogP contribution in [-0.2, 0) is 19.1 Å². The smallest absolute Gasteiger partial charge is 0.244 e. The second-order valence-corrected chi connectivity index (χ2v) is 8.36. The normalized spacial score (nSPS) is 23.1. The average Bonchev–Trinajstić information content (AvgIpc) is 3.46. The van der Waals surface area contributed by atoms with Crippen LogP contribution < -0.4 is 20.1 Å². The number of phenols is 2. The minimum absolute atomic E-state index is 0.0179. The Morgan fingerprint density at radius 2 is 1.22 bits per heavy atom. The van der Waals surface area contributed by atoms with Gasteiger partial charge >= 0.3 is 0 Å². The lowest BCUT2D eigenvalue weighted by Gasteiger charge is -2.17. The van der Waals surface area contributed by atoms with E-state index in [0.717, 1.165) is 0 Å². The molecule has 4 unspecified atom stereocenters. The third-order valence-electron chi connectivity index (χ3n) is 5.97. The summed E-state index contributed by atoms with van der Waals surface area (Å²) in [6.07, 6.45) is 5.23. The highest BCUT2D eigenvalue weighted by Gasteiger charge is 2.48. The van der Waals surface area contributed by atoms with Gasteiger partial charge in [0.15, 0.2) is 23.0 Å². The van der Waals surface area contributed by atoms with E-state index < -0.39 is 0 Å². The number of benzene rings is 2. The van der Waals surface area contributed by atoms with Gasteiger partial charge in [-0.3, -0.25) is 9.59 Å². The summed E-state index contributed by atoms with van der Waals surface area (Å²) in [5, 5.41) is 25.1. The Kier molecular flexibility index (Phi) is 7.77. The lowest BCUT2D eigenvalue weighted by atomic mass is 10.1. The number of nitrogens with one attached hydrogen (secondary N) is 2. The van der Waals surface area contributed by atoms with Crippen molar-refractivity contribution >= 4 is 24.0 Å². The molecule has 2 amide bonds. The fourth-order valence-corrected chi connectivity index (χ4v) is 4.15. The van der Waals surface area contributed by atoms with Crippen molar-refractivity contribution in [2.45, 2.75) is 24.3 Å². The highest BCUT2D eigenvalue weighted by Crippen LogP contribution is 2.29. The number of carbonyl (C=O) groups is 2. The molecule has 0 saturated carbocycles. The molecular formula is C26H28N2O8. The van der Waals surface area contributed by atoms with Gasteiger partial charge in [0, 0.05) is 12.2 Å². The summed E-state index contributed by atoms with van der Waals surface area (Å²) in [4.78, 5) is 24.9. The number of phenolic OH excluding ortho intramolecular Hbond substituents is 2. The SMILES string of the molecule is COc1cc(/C=C/C(=O)NC2COC3C(NC(=O)/C=C/c4ccc(O)c(OC)c4)COC23)ccc1O. The number of carbonyl (C=O) groups excluding carboxylic acids is 2. The van der Waals surface area contributed by atoms with Crippen LogP contribution in [0, 0.1) is 0 Å². The molecule has 0 aliphatic carbocycles. The van der Waals surface area contributed by atoms with E-state index in [4.69, 9.17) is 18.9 Å². The van der Waals surface area contributed by atoms with Crippen molar-refractivity contribution < 1.29 is 38.7 Å². The van der Waals surface area contributed by atoms with Crippen LogP contribution in [0.2, 0.25) is 0 Å². The van der Waals surface area contributed by atoms with Crippen LogP contribution in [0.4, 0.5) is 0 Å². The summed E-state index contributed by atoms with van der Waals surface area (Å²) in [5.74, 6) is 0.0253. The van der Waals surface area contributed by atoms with Gasteiger partial charge in [-0.15, -0.1) is 0 Å². The van der Waals surface area contributed by atoms with Gasteiger partial charge in [0.2, 0.25) is 11.8 Å². The average molecular weight is 497 g/mol. The molecule has 4 rings (SSSR count). The predicted molar refractivity (Wildman–Crippen MR) is 131 cm³/mol. The Labute approximate surface area is 208 Å². The monoisotopic (exact) mass is 496 g/mol. The number of hydrogen-bond donors (Lipinski definition) is 4. The lowest BCUT2D eigenvalue weighted by molar-refractivity contribution is -0.118. The molecular weight excluding hydrogens is 468 g/mol. The van der Waals surface area contributed by atoms with E-state index in [-0.39, 0.29) is 60.8 Å². The molecule has 4 N–H and O–H groups in total. The molecule has 10 nitrogen and oxygen atoms in total. The van der Waals surface area contributed by atoms with E-state index in [0.29, 0.717) is 22.6 Å². The molecule has 2 saturated heterocycles. The van der Waals surface area contributed by atoms with Crippen LogP contribution in [0.25, 0.3) is 12.2 Å². The van der Waals surface area contributed by atoms with Gasteiger partial charge in [0.25, 0.3) is 0 Å². The third kappa shape index (κ3) is 5.78. The number of amides is 2. The van der Waals surface area contributed by atoms with E-state index in [9.17, 15) is 19.8 Å². The third-order valence-corrected chi connectivity index (χ3v) is 5.97. The number of methoxy groups -OCH3 is 2. The first-order valence-corrected chi connectivity index (χ1v) is 11.3. The van der Waals surface area contributed by atoms with E-state index >= 15 is 0 Å². The number of hydrogen-bond acceptors (Lipinski definition) is 8. The summed E-state index contributed by atoms with van der Waals surface area (Å²) >= 11 is 0. The van der Waals surface area contributed by atoms with Crippen molar-refractivity contribution in [2.24, 2.45) is 0 Å². The molecule has 2 aromatic carbocycles. The molecule has 36 heavy (non-hydrogen) atoms. The Morgan fingerprint density at radius 1 is 0.806 bits per heavy atom. The zero-order chi connectivity index (χ0) is 25.7. The summed E-state index contributed by atoms with van der Waals surface area (Å²) in [6.45, 7) is 0.523. The Balaban J connectivity index is 1.29. The fourth-order valence-electron chi connectivity index (χ4n) is 4.15. The quantitative estimate of drug-likeness (QED) is 0.405. The van der Waals surface area contributed by atoms with Gasteiger partial charge in [-0.25, -0.2) is 0 Å². The topological polar surface area (TPSA) is 136 Å². The van der Waals surface area contributed by atoms with E-state index in [1.165, 1.54) is 38.5 Å². The van der Waals surface area contributed by atoms with E-state index in [1.807, 2.05) is 0 Å². The number of aromatic hydroxyl groups is 2. The Hall–Kier alpha value is -4.02. The van der Waals surface area contributed by atoms with Crippen LogP contribution >= 0.6 is 0 Å². The highest BCUT2D eigenvalue weighted by atomic mass is 16.6. The maximum absolute atomic E-state index is 12.4. The summed E-state index contributed by atoms with van der Waals surface area (Å²) in [6, 6.07) is 8.83. The molecule has 2 aliphatic rings. The predicted octanol–water partition coefficient (Wildman–Crippen LogP) is 1.61. The van der Waals surface area contributed by atoms with Gasteiger partial charge in [-0.05, 0) is 47.5 Å². The second kappa shape index (κ2) is 11.1. The van der Waals surface area contributed by atoms with Gasteiger partial charge < -0.3 is 39.8 Å². The molecule has 2 fully saturated rings. The lowest BCUT2D eigenvalue weighted by Crippen LogP contribution is -2.46. The number of rotatable bonds is 8. The molecule has 10 heteroatoms. The molecule has 2 aromatic rings. The van der Waals surface area contributed by atoms with Gasteiger partial charge in [-0.1, -0.05) is 12.1 Å². The van der Waals surface area contributed by atoms with Crippen LogP contribution in [0.5, 0.6) is 23.0 Å². The van der Waals surface area contributed by atoms with Crippen molar-refractivity contribution in [1.29, 1.82) is 0 Å². The number of ether oxygens (including phenoxy) is 4. The first kappa shape index (κ1) is 25.1. The van der Waals surface area contributed by atoms with Gasteiger partial charge in [0.05, 0.1) is 39.5 Å². The van der Waals surface area contributed by atoms with Crippen LogP contribution in [0.3, 0.4) is 0 Å². The standard InChI is InChI=1S/C26H28N2O8/c1-33-21-11-15(3-7-19(21)29)5-9-23(31)27-17-13-35-26-18(14-36-25(17)26)28-24(32)10-6-16-4-8-20(30)22(12-16)34-2/h3-12,17-18,25-26,29-30H,13-14H2,1-2H3,(H,27,31)(H,28,32)/b9-5+,10-6+. The molecule has 2 aliphatic heterocycles. The maximum Gasteiger partial charge on any atom is 0.244 e. The van der Waals surface area contributed by atoms with Crippen molar-refractivity contribution in [3.05, 3.63) is 59.7 Å². The minimum atomic E-state index is -0.383. The fraction of sp³-hybridized carbons (Fsp3) is 0.308. The molecule has 2 heterocycles. The van der Waals surface area contributed by atoms with Crippen molar-refractivity contribution in [2.75, 3.05) is 27.4 Å². The zero-order valence-corrected chi connectivity index (χ0v) is 19.8. The van der Waals surface area contributed by atoms with Crippen molar-refractivity contribution in [3.63, 3.8) is 0 Å². The maximum atomic E-state index is 12.4. The molecule has 0 spiro atoms.